The number of benzene rings is 3. The van der Waals surface area contributed by atoms with Gasteiger partial charge in [0, 0.05) is 65.8 Å². The van der Waals surface area contributed by atoms with Crippen molar-refractivity contribution >= 4 is 40.5 Å². The molecule has 44 heavy (non-hydrogen) atoms. The lowest BCUT2D eigenvalue weighted by atomic mass is 9.93. The molecule has 1 unspecified atom stereocenters. The zero-order valence-corrected chi connectivity index (χ0v) is 26.5. The van der Waals surface area contributed by atoms with E-state index in [-0.39, 0.29) is 6.04 Å². The molecule has 0 saturated carbocycles. The third-order valence-electron chi connectivity index (χ3n) is 7.86. The molecular weight excluding hydrogens is 601 g/mol. The molecule has 2 aliphatic heterocycles. The van der Waals surface area contributed by atoms with Crippen LogP contribution in [0, 0.1) is 0 Å². The van der Waals surface area contributed by atoms with Crippen molar-refractivity contribution in [3.63, 3.8) is 0 Å². The second kappa shape index (κ2) is 16.2. The lowest BCUT2D eigenvalue weighted by Gasteiger charge is -2.33. The van der Waals surface area contributed by atoms with Gasteiger partial charge in [-0.2, -0.15) is 0 Å². The summed E-state index contributed by atoms with van der Waals surface area (Å²) in [5.41, 5.74) is 4.39. The SMILES string of the molecule is COc1ccc(Cl)cc1.O=CN1CCc2c([nH]c3ccc(Cl)cc23)C1c1ccc(OCCCOCCN2CCOCC2)cc1. The molecule has 8 nitrogen and oxygen atoms in total. The Kier molecular flexibility index (Phi) is 11.8. The third kappa shape index (κ3) is 8.46. The Morgan fingerprint density at radius 3 is 2.36 bits per heavy atom. The number of halogens is 2. The molecule has 2 aliphatic rings. The average Bonchev–Trinajstić information content (AvgIpc) is 3.43. The maximum atomic E-state index is 11.9. The van der Waals surface area contributed by atoms with E-state index in [4.69, 9.17) is 42.1 Å². The number of nitrogens with one attached hydrogen (secondary N) is 1. The molecule has 6 rings (SSSR count). The number of aromatic amines is 1. The van der Waals surface area contributed by atoms with E-state index in [1.807, 2.05) is 59.5 Å². The van der Waals surface area contributed by atoms with Crippen molar-refractivity contribution in [2.75, 3.05) is 66.3 Å². The van der Waals surface area contributed by atoms with E-state index in [1.165, 1.54) is 5.56 Å². The number of carbonyl (C=O) groups is 1. The van der Waals surface area contributed by atoms with Gasteiger partial charge >= 0.3 is 0 Å². The fourth-order valence-corrected chi connectivity index (χ4v) is 5.84. The van der Waals surface area contributed by atoms with Crippen molar-refractivity contribution in [3.05, 3.63) is 93.6 Å². The lowest BCUT2D eigenvalue weighted by Crippen LogP contribution is -2.38. The van der Waals surface area contributed by atoms with E-state index in [9.17, 15) is 4.79 Å². The monoisotopic (exact) mass is 639 g/mol. The van der Waals surface area contributed by atoms with Gasteiger partial charge in [0.2, 0.25) is 6.41 Å². The van der Waals surface area contributed by atoms with Crippen LogP contribution >= 0.6 is 23.2 Å². The Morgan fingerprint density at radius 2 is 1.64 bits per heavy atom. The fraction of sp³-hybridized carbons (Fsp3) is 0.382. The number of hydrogen-bond donors (Lipinski definition) is 1. The molecule has 1 aromatic heterocycles. The minimum absolute atomic E-state index is 0.156. The Labute approximate surface area is 268 Å². The predicted octanol–water partition coefficient (Wildman–Crippen LogP) is 6.39. The smallest absolute Gasteiger partial charge is 0.210 e. The first-order valence-corrected chi connectivity index (χ1v) is 15.7. The predicted molar refractivity (Wildman–Crippen MR) is 174 cm³/mol. The number of H-pyrrole nitrogens is 1. The molecule has 0 bridgehead atoms. The molecule has 0 aliphatic carbocycles. The molecule has 234 valence electrons. The quantitative estimate of drug-likeness (QED) is 0.151. The molecule has 10 heteroatoms. The highest BCUT2D eigenvalue weighted by molar-refractivity contribution is 6.31. The van der Waals surface area contributed by atoms with Gasteiger partial charge in [-0.25, -0.2) is 0 Å². The summed E-state index contributed by atoms with van der Waals surface area (Å²) in [6, 6.07) is 21.0. The highest BCUT2D eigenvalue weighted by Gasteiger charge is 2.31. The van der Waals surface area contributed by atoms with Crippen LogP contribution < -0.4 is 9.47 Å². The molecule has 0 radical (unpaired) electrons. The van der Waals surface area contributed by atoms with E-state index in [0.717, 1.165) is 102 Å². The Hall–Kier alpha value is -3.27. The number of carbonyl (C=O) groups excluding carboxylic acids is 1. The highest BCUT2D eigenvalue weighted by Crippen LogP contribution is 2.38. The zero-order valence-electron chi connectivity index (χ0n) is 25.0. The first-order chi connectivity index (χ1) is 21.6. The van der Waals surface area contributed by atoms with E-state index < -0.39 is 0 Å². The van der Waals surface area contributed by atoms with Crippen LogP contribution in [0.4, 0.5) is 0 Å². The molecule has 4 aromatic rings. The number of hydrogen-bond acceptors (Lipinski definition) is 6. The van der Waals surface area contributed by atoms with Gasteiger partial charge in [0.15, 0.2) is 0 Å². The summed E-state index contributed by atoms with van der Waals surface area (Å²) < 4.78 is 21.9. The van der Waals surface area contributed by atoms with Gasteiger partial charge in [-0.05, 0) is 72.1 Å². The van der Waals surface area contributed by atoms with Gasteiger partial charge in [0.1, 0.15) is 11.5 Å². The van der Waals surface area contributed by atoms with Crippen molar-refractivity contribution in [1.82, 2.24) is 14.8 Å². The first-order valence-electron chi connectivity index (χ1n) is 15.0. The van der Waals surface area contributed by atoms with Crippen LogP contribution in [0.1, 0.15) is 29.3 Å². The maximum Gasteiger partial charge on any atom is 0.210 e. The van der Waals surface area contributed by atoms with Crippen molar-refractivity contribution in [3.8, 4) is 11.5 Å². The second-order valence-corrected chi connectivity index (χ2v) is 11.6. The summed E-state index contributed by atoms with van der Waals surface area (Å²) in [7, 11) is 1.63. The lowest BCUT2D eigenvalue weighted by molar-refractivity contribution is -0.120. The van der Waals surface area contributed by atoms with Crippen LogP contribution in [-0.4, -0.2) is 87.5 Å². The van der Waals surface area contributed by atoms with Crippen LogP contribution in [0.2, 0.25) is 10.0 Å². The molecule has 1 amide bonds. The summed E-state index contributed by atoms with van der Waals surface area (Å²) in [6.07, 6.45) is 2.59. The second-order valence-electron chi connectivity index (χ2n) is 10.7. The summed E-state index contributed by atoms with van der Waals surface area (Å²) in [5.74, 6) is 1.65. The topological polar surface area (TPSA) is 76.3 Å². The first kappa shape index (κ1) is 32.1. The normalized spacial score (nSPS) is 16.6. The van der Waals surface area contributed by atoms with E-state index in [1.54, 1.807) is 19.2 Å². The van der Waals surface area contributed by atoms with Crippen LogP contribution in [0.25, 0.3) is 10.9 Å². The van der Waals surface area contributed by atoms with Gasteiger partial charge in [-0.15, -0.1) is 0 Å². The zero-order chi connectivity index (χ0) is 30.7. The van der Waals surface area contributed by atoms with Crippen molar-refractivity contribution < 1.29 is 23.7 Å². The molecule has 1 atom stereocenters. The van der Waals surface area contributed by atoms with Crippen LogP contribution in [0.15, 0.2) is 66.7 Å². The third-order valence-corrected chi connectivity index (χ3v) is 8.35. The minimum Gasteiger partial charge on any atom is -0.497 e. The summed E-state index contributed by atoms with van der Waals surface area (Å²) in [4.78, 5) is 19.6. The average molecular weight is 641 g/mol. The van der Waals surface area contributed by atoms with Gasteiger partial charge in [-0.3, -0.25) is 9.69 Å². The maximum absolute atomic E-state index is 11.9. The van der Waals surface area contributed by atoms with E-state index in [0.29, 0.717) is 19.8 Å². The molecule has 1 saturated heterocycles. The van der Waals surface area contributed by atoms with Gasteiger partial charge in [-0.1, -0.05) is 35.3 Å². The van der Waals surface area contributed by atoms with Gasteiger partial charge < -0.3 is 28.8 Å². The summed E-state index contributed by atoms with van der Waals surface area (Å²) >= 11 is 11.9. The van der Waals surface area contributed by atoms with Crippen molar-refractivity contribution in [2.24, 2.45) is 0 Å². The Balaban J connectivity index is 0.000000367. The number of ether oxygens (including phenoxy) is 4. The Morgan fingerprint density at radius 1 is 0.909 bits per heavy atom. The largest absolute Gasteiger partial charge is 0.497 e. The molecule has 1 N–H and O–H groups in total. The Bertz CT molecular complexity index is 1470. The van der Waals surface area contributed by atoms with Crippen LogP contribution in [0.5, 0.6) is 11.5 Å². The van der Waals surface area contributed by atoms with Crippen LogP contribution in [-0.2, 0) is 20.7 Å². The molecule has 1 fully saturated rings. The number of morpholine rings is 1. The van der Waals surface area contributed by atoms with Gasteiger partial charge in [0.25, 0.3) is 0 Å². The standard InChI is InChI=1S/C27H32ClN3O4.C7H7ClO/c28-21-4-7-25-24(18-21)23-8-9-31(19-32)27(26(23)29-25)20-2-5-22(6-3-20)35-14-1-13-33-15-10-30-11-16-34-17-12-30;1-9-7-4-2-6(8)3-5-7/h2-7,18-19,27,29H,1,8-17H2;2-5H,1H3. The fourth-order valence-electron chi connectivity index (χ4n) is 5.54. The molecule has 3 heterocycles. The number of methoxy groups -OCH3 is 1. The summed E-state index contributed by atoms with van der Waals surface area (Å²) in [6.45, 7) is 7.27. The van der Waals surface area contributed by atoms with E-state index >= 15 is 0 Å². The van der Waals surface area contributed by atoms with E-state index in [2.05, 4.69) is 9.88 Å². The number of fused-ring (bicyclic) bond motifs is 3. The molecule has 3 aromatic carbocycles. The summed E-state index contributed by atoms with van der Waals surface area (Å²) in [5, 5.41) is 2.59. The number of nitrogens with zero attached hydrogens (tertiary/aromatic N) is 2. The number of aromatic nitrogens is 1. The van der Waals surface area contributed by atoms with Gasteiger partial charge in [0.05, 0.1) is 39.6 Å². The minimum atomic E-state index is -0.156. The number of amides is 1. The molecule has 0 spiro atoms. The number of rotatable bonds is 11. The molecular formula is C34H39Cl2N3O5. The highest BCUT2D eigenvalue weighted by atomic mass is 35.5. The van der Waals surface area contributed by atoms with Crippen molar-refractivity contribution in [1.29, 1.82) is 0 Å². The van der Waals surface area contributed by atoms with Crippen molar-refractivity contribution in [2.45, 2.75) is 18.9 Å². The van der Waals surface area contributed by atoms with Crippen LogP contribution in [0.3, 0.4) is 0 Å².